The molecule has 38 heavy (non-hydrogen) atoms. The molecule has 0 radical (unpaired) electrons. The Morgan fingerprint density at radius 1 is 1.03 bits per heavy atom. The Bertz CT molecular complexity index is 1410. The summed E-state index contributed by atoms with van der Waals surface area (Å²) in [5, 5.41) is 0. The lowest BCUT2D eigenvalue weighted by atomic mass is 10.0. The van der Waals surface area contributed by atoms with Gasteiger partial charge in [-0.15, -0.1) is 0 Å². The van der Waals surface area contributed by atoms with Crippen LogP contribution < -0.4 is 5.73 Å². The minimum Gasteiger partial charge on any atom is -0.332 e. The molecule has 0 aliphatic carbocycles. The first-order valence-electron chi connectivity index (χ1n) is 12.0. The maximum atomic E-state index is 14.1. The number of aromatic nitrogens is 2. The summed E-state index contributed by atoms with van der Waals surface area (Å²) in [6.07, 6.45) is 0.556. The molecule has 12 heteroatoms. The van der Waals surface area contributed by atoms with Crippen LogP contribution in [0.4, 0.5) is 22.0 Å². The van der Waals surface area contributed by atoms with Gasteiger partial charge in [-0.2, -0.15) is 0 Å². The highest BCUT2D eigenvalue weighted by atomic mass is 19.3. The van der Waals surface area contributed by atoms with Gasteiger partial charge in [-0.3, -0.25) is 9.59 Å². The molecule has 2 N–H and O–H groups in total. The number of imidazole rings is 1. The van der Waals surface area contributed by atoms with Crippen LogP contribution in [-0.4, -0.2) is 56.2 Å². The third-order valence-electron chi connectivity index (χ3n) is 6.84. The fourth-order valence-corrected chi connectivity index (χ4v) is 4.90. The number of nitrogens with two attached hydrogens (primary N) is 1. The lowest BCUT2D eigenvalue weighted by Crippen LogP contribution is -2.37. The first-order valence-corrected chi connectivity index (χ1v) is 12.0. The first kappa shape index (κ1) is 25.8. The van der Waals surface area contributed by atoms with Crippen LogP contribution in [0.1, 0.15) is 40.2 Å². The fraction of sp³-hybridized carbons (Fsp3) is 0.346. The van der Waals surface area contributed by atoms with Crippen LogP contribution in [0.2, 0.25) is 0 Å². The molecule has 1 aromatic heterocycles. The smallest absolute Gasteiger partial charge is 0.274 e. The number of halogens is 5. The summed E-state index contributed by atoms with van der Waals surface area (Å²) in [5.41, 5.74) is 7.71. The summed E-state index contributed by atoms with van der Waals surface area (Å²) in [5.74, 6) is -7.53. The monoisotopic (exact) mass is 533 g/mol. The van der Waals surface area contributed by atoms with Crippen molar-refractivity contribution in [2.75, 3.05) is 13.1 Å². The van der Waals surface area contributed by atoms with E-state index in [0.29, 0.717) is 17.4 Å². The van der Waals surface area contributed by atoms with Gasteiger partial charge < -0.3 is 20.1 Å². The first-order chi connectivity index (χ1) is 18.0. The summed E-state index contributed by atoms with van der Waals surface area (Å²) in [4.78, 5) is 33.2. The van der Waals surface area contributed by atoms with E-state index in [9.17, 15) is 31.5 Å². The molecule has 0 spiro atoms. The number of carbonyl (C=O) groups excluding carboxylic acids is 2. The predicted molar refractivity (Wildman–Crippen MR) is 126 cm³/mol. The SMILES string of the molecule is NC(CC(=O)N1Cc2ccccc2-n2cnc(C(=O)N3CCC(F)(F)C3)c2C1)Cc1cc(F)c(F)cc1F. The van der Waals surface area contributed by atoms with Crippen LogP contribution in [0, 0.1) is 17.5 Å². The van der Waals surface area contributed by atoms with Crippen molar-refractivity contribution in [2.24, 2.45) is 5.73 Å². The molecule has 3 heterocycles. The highest BCUT2D eigenvalue weighted by Crippen LogP contribution is 2.31. The topological polar surface area (TPSA) is 84.5 Å². The van der Waals surface area contributed by atoms with Gasteiger partial charge in [0.1, 0.15) is 12.1 Å². The van der Waals surface area contributed by atoms with Crippen molar-refractivity contribution >= 4 is 11.8 Å². The van der Waals surface area contributed by atoms with Crippen molar-refractivity contribution < 1.29 is 31.5 Å². The van der Waals surface area contributed by atoms with E-state index in [1.165, 1.54) is 11.2 Å². The van der Waals surface area contributed by atoms with Crippen molar-refractivity contribution in [3.63, 3.8) is 0 Å². The maximum Gasteiger partial charge on any atom is 0.274 e. The average Bonchev–Trinajstić information content (AvgIpc) is 3.40. The Morgan fingerprint density at radius 2 is 1.76 bits per heavy atom. The Kier molecular flexibility index (Phi) is 6.68. The third-order valence-corrected chi connectivity index (χ3v) is 6.84. The summed E-state index contributed by atoms with van der Waals surface area (Å²) in [7, 11) is 0. The zero-order valence-corrected chi connectivity index (χ0v) is 20.1. The van der Waals surface area contributed by atoms with E-state index in [4.69, 9.17) is 5.73 Å². The lowest BCUT2D eigenvalue weighted by molar-refractivity contribution is -0.132. The second-order valence-corrected chi connectivity index (χ2v) is 9.65. The Morgan fingerprint density at radius 3 is 2.50 bits per heavy atom. The lowest BCUT2D eigenvalue weighted by Gasteiger charge is -2.23. The van der Waals surface area contributed by atoms with Gasteiger partial charge in [-0.25, -0.2) is 26.9 Å². The van der Waals surface area contributed by atoms with E-state index in [-0.39, 0.29) is 43.7 Å². The number of hydrogen-bond donors (Lipinski definition) is 1. The van der Waals surface area contributed by atoms with E-state index in [0.717, 1.165) is 16.5 Å². The largest absolute Gasteiger partial charge is 0.332 e. The van der Waals surface area contributed by atoms with E-state index in [1.807, 2.05) is 6.07 Å². The molecule has 7 nitrogen and oxygen atoms in total. The molecule has 1 saturated heterocycles. The number of carbonyl (C=O) groups is 2. The molecule has 2 amide bonds. The van der Waals surface area contributed by atoms with Crippen molar-refractivity contribution in [1.29, 1.82) is 0 Å². The van der Waals surface area contributed by atoms with Gasteiger partial charge in [0.15, 0.2) is 17.3 Å². The molecule has 1 fully saturated rings. The zero-order chi connectivity index (χ0) is 27.2. The van der Waals surface area contributed by atoms with Gasteiger partial charge in [0.25, 0.3) is 11.8 Å². The van der Waals surface area contributed by atoms with Crippen LogP contribution >= 0.6 is 0 Å². The summed E-state index contributed by atoms with van der Waals surface area (Å²) in [6, 6.07) is 7.43. The van der Waals surface area contributed by atoms with E-state index >= 15 is 0 Å². The van der Waals surface area contributed by atoms with Crippen molar-refractivity contribution in [1.82, 2.24) is 19.4 Å². The standard InChI is InChI=1S/C26H24F5N5O2/c27-18-10-20(29)19(28)8-16(18)7-17(32)9-23(37)35-11-15-3-1-2-4-21(15)36-14-33-24(22(36)12-35)25(38)34-6-5-26(30,31)13-34/h1-4,8,10,14,17H,5-7,9,11-13,32H2. The van der Waals surface area contributed by atoms with Crippen molar-refractivity contribution in [3.05, 3.63) is 82.7 Å². The fourth-order valence-electron chi connectivity index (χ4n) is 4.90. The van der Waals surface area contributed by atoms with Gasteiger partial charge in [-0.05, 0) is 29.7 Å². The summed E-state index contributed by atoms with van der Waals surface area (Å²) >= 11 is 0. The Hall–Kier alpha value is -3.80. The molecule has 3 aromatic rings. The molecule has 1 atom stereocenters. The molecule has 0 bridgehead atoms. The second-order valence-electron chi connectivity index (χ2n) is 9.65. The molecular weight excluding hydrogens is 509 g/mol. The molecular formula is C26H24F5N5O2. The molecule has 2 aliphatic rings. The van der Waals surface area contributed by atoms with Gasteiger partial charge in [-0.1, -0.05) is 18.2 Å². The zero-order valence-electron chi connectivity index (χ0n) is 20.1. The van der Waals surface area contributed by atoms with Gasteiger partial charge >= 0.3 is 0 Å². The minimum atomic E-state index is -2.97. The molecule has 1 unspecified atom stereocenters. The number of amides is 2. The van der Waals surface area contributed by atoms with Gasteiger partial charge in [0.2, 0.25) is 5.91 Å². The third kappa shape index (κ3) is 5.00. The van der Waals surface area contributed by atoms with Crippen molar-refractivity contribution in [3.8, 4) is 5.69 Å². The van der Waals surface area contributed by atoms with Crippen LogP contribution in [0.15, 0.2) is 42.7 Å². The average molecular weight is 534 g/mol. The second kappa shape index (κ2) is 9.82. The van der Waals surface area contributed by atoms with Gasteiger partial charge in [0.05, 0.1) is 24.5 Å². The van der Waals surface area contributed by atoms with Crippen LogP contribution in [0.3, 0.4) is 0 Å². The highest BCUT2D eigenvalue weighted by Gasteiger charge is 2.42. The number of alkyl halides is 2. The maximum absolute atomic E-state index is 14.1. The van der Waals surface area contributed by atoms with Gasteiger partial charge in [0, 0.05) is 38.0 Å². The molecule has 200 valence electrons. The molecule has 2 aliphatic heterocycles. The summed E-state index contributed by atoms with van der Waals surface area (Å²) in [6.45, 7) is -0.692. The summed E-state index contributed by atoms with van der Waals surface area (Å²) < 4.78 is 70.1. The number of nitrogens with zero attached hydrogens (tertiary/aromatic N) is 4. The van der Waals surface area contributed by atoms with E-state index < -0.39 is 54.2 Å². The number of likely N-dealkylation sites (tertiary alicyclic amines) is 1. The number of para-hydroxylation sites is 1. The van der Waals surface area contributed by atoms with Crippen molar-refractivity contribution in [2.45, 2.75) is 44.3 Å². The number of rotatable bonds is 5. The predicted octanol–water partition coefficient (Wildman–Crippen LogP) is 3.57. The molecule has 5 rings (SSSR count). The number of hydrogen-bond acceptors (Lipinski definition) is 4. The number of benzene rings is 2. The quantitative estimate of drug-likeness (QED) is 0.402. The van der Waals surface area contributed by atoms with Crippen LogP contribution in [-0.2, 0) is 24.3 Å². The van der Waals surface area contributed by atoms with E-state index in [1.54, 1.807) is 22.8 Å². The highest BCUT2D eigenvalue weighted by molar-refractivity contribution is 5.94. The minimum absolute atomic E-state index is 0.0228. The number of fused-ring (bicyclic) bond motifs is 3. The van der Waals surface area contributed by atoms with Crippen LogP contribution in [0.25, 0.3) is 5.69 Å². The molecule has 2 aromatic carbocycles. The molecule has 0 saturated carbocycles. The van der Waals surface area contributed by atoms with Crippen LogP contribution in [0.5, 0.6) is 0 Å². The Labute approximate surface area is 214 Å². The Balaban J connectivity index is 1.39. The normalized spacial score (nSPS) is 17.1. The van der Waals surface area contributed by atoms with E-state index in [2.05, 4.69) is 4.98 Å².